The highest BCUT2D eigenvalue weighted by Gasteiger charge is 2.38. The topological polar surface area (TPSA) is 77.9 Å². The first-order valence-electron chi connectivity index (χ1n) is 6.50. The number of carbonyl (C=O) groups is 1. The molecule has 1 aliphatic rings. The first kappa shape index (κ1) is 15.7. The number of hydrogen-bond acceptors (Lipinski definition) is 3. The molecule has 116 valence electrons. The van der Waals surface area contributed by atoms with Gasteiger partial charge in [-0.3, -0.25) is 0 Å². The summed E-state index contributed by atoms with van der Waals surface area (Å²) in [5, 5.41) is 9.08. The number of sulfonamides is 1. The van der Waals surface area contributed by atoms with Crippen molar-refractivity contribution in [3.63, 3.8) is 0 Å². The van der Waals surface area contributed by atoms with Crippen molar-refractivity contribution < 1.29 is 22.7 Å². The highest BCUT2D eigenvalue weighted by Crippen LogP contribution is 2.24. The van der Waals surface area contributed by atoms with E-state index in [1.54, 1.807) is 13.8 Å². The van der Waals surface area contributed by atoms with Crippen LogP contribution in [0.4, 0.5) is 9.18 Å². The van der Waals surface area contributed by atoms with Crippen LogP contribution in [0, 0.1) is 5.82 Å². The maximum absolute atomic E-state index is 13.2. The van der Waals surface area contributed by atoms with Crippen molar-refractivity contribution in [3.05, 3.63) is 30.1 Å². The Balaban J connectivity index is 2.31. The Hall–Kier alpha value is -1.67. The van der Waals surface area contributed by atoms with Gasteiger partial charge < -0.3 is 10.0 Å². The summed E-state index contributed by atoms with van der Waals surface area (Å²) in [6, 6.07) is 3.85. The zero-order valence-corrected chi connectivity index (χ0v) is 12.5. The number of amides is 1. The minimum Gasteiger partial charge on any atom is -0.465 e. The summed E-state index contributed by atoms with van der Waals surface area (Å²) in [7, 11) is -3.84. The molecule has 1 amide bonds. The van der Waals surface area contributed by atoms with Gasteiger partial charge in [-0.1, -0.05) is 6.07 Å². The van der Waals surface area contributed by atoms with E-state index in [-0.39, 0.29) is 18.0 Å². The molecule has 21 heavy (non-hydrogen) atoms. The van der Waals surface area contributed by atoms with Crippen molar-refractivity contribution in [2.75, 3.05) is 13.1 Å². The molecule has 0 bridgehead atoms. The average molecular weight is 316 g/mol. The summed E-state index contributed by atoms with van der Waals surface area (Å²) >= 11 is 0. The van der Waals surface area contributed by atoms with Crippen molar-refractivity contribution in [2.45, 2.75) is 30.8 Å². The third kappa shape index (κ3) is 3.01. The fraction of sp³-hybridized carbons (Fsp3) is 0.462. The van der Waals surface area contributed by atoms with E-state index < -0.39 is 34.0 Å². The summed E-state index contributed by atoms with van der Waals surface area (Å²) in [6.07, 6.45) is -1.07. The molecule has 1 heterocycles. The third-order valence-electron chi connectivity index (χ3n) is 3.58. The maximum atomic E-state index is 13.2. The molecule has 2 atom stereocenters. The predicted octanol–water partition coefficient (Wildman–Crippen LogP) is 1.59. The van der Waals surface area contributed by atoms with Gasteiger partial charge in [0.2, 0.25) is 10.0 Å². The summed E-state index contributed by atoms with van der Waals surface area (Å²) < 4.78 is 39.6. The van der Waals surface area contributed by atoms with Crippen LogP contribution in [-0.4, -0.2) is 54.0 Å². The highest BCUT2D eigenvalue weighted by atomic mass is 32.2. The van der Waals surface area contributed by atoms with Crippen molar-refractivity contribution in [2.24, 2.45) is 0 Å². The molecule has 1 fully saturated rings. The molecule has 6 nitrogen and oxygen atoms in total. The molecule has 1 saturated heterocycles. The summed E-state index contributed by atoms with van der Waals surface area (Å²) in [6.45, 7) is 3.42. The molecule has 1 N–H and O–H groups in total. The second-order valence-corrected chi connectivity index (χ2v) is 7.06. The number of piperazine rings is 1. The Morgan fingerprint density at radius 2 is 1.95 bits per heavy atom. The van der Waals surface area contributed by atoms with Gasteiger partial charge in [0, 0.05) is 25.2 Å². The Kier molecular flexibility index (Phi) is 4.20. The van der Waals surface area contributed by atoms with E-state index in [0.717, 1.165) is 6.07 Å². The van der Waals surface area contributed by atoms with Crippen LogP contribution in [0.2, 0.25) is 0 Å². The van der Waals surface area contributed by atoms with E-state index in [0.29, 0.717) is 0 Å². The van der Waals surface area contributed by atoms with Crippen LogP contribution in [0.3, 0.4) is 0 Å². The van der Waals surface area contributed by atoms with Gasteiger partial charge in [0.15, 0.2) is 0 Å². The van der Waals surface area contributed by atoms with Crippen molar-refractivity contribution in [1.29, 1.82) is 0 Å². The highest BCUT2D eigenvalue weighted by molar-refractivity contribution is 7.89. The lowest BCUT2D eigenvalue weighted by molar-refractivity contribution is 0.0792. The van der Waals surface area contributed by atoms with Gasteiger partial charge in [-0.2, -0.15) is 4.31 Å². The zero-order chi connectivity index (χ0) is 15.8. The van der Waals surface area contributed by atoms with Crippen LogP contribution >= 0.6 is 0 Å². The first-order valence-corrected chi connectivity index (χ1v) is 7.94. The van der Waals surface area contributed by atoms with Gasteiger partial charge in [0.25, 0.3) is 0 Å². The lowest BCUT2D eigenvalue weighted by Gasteiger charge is -2.41. The first-order chi connectivity index (χ1) is 9.73. The Bertz CT molecular complexity index is 649. The summed E-state index contributed by atoms with van der Waals surface area (Å²) in [5.41, 5.74) is 0. The quantitative estimate of drug-likeness (QED) is 0.899. The van der Waals surface area contributed by atoms with E-state index in [4.69, 9.17) is 5.11 Å². The molecule has 0 spiro atoms. The number of halogens is 1. The molecule has 0 unspecified atom stereocenters. The number of rotatable bonds is 2. The van der Waals surface area contributed by atoms with Gasteiger partial charge in [-0.15, -0.1) is 0 Å². The molecular weight excluding hydrogens is 299 g/mol. The molecule has 0 aliphatic carbocycles. The monoisotopic (exact) mass is 316 g/mol. The fourth-order valence-corrected chi connectivity index (χ4v) is 4.19. The number of carboxylic acid groups (broad SMARTS) is 1. The second-order valence-electron chi connectivity index (χ2n) is 5.17. The molecular formula is C13H17FN2O4S. The van der Waals surface area contributed by atoms with Crippen molar-refractivity contribution in [1.82, 2.24) is 9.21 Å². The van der Waals surface area contributed by atoms with E-state index in [1.807, 2.05) is 0 Å². The van der Waals surface area contributed by atoms with E-state index in [9.17, 15) is 17.6 Å². The van der Waals surface area contributed by atoms with Crippen LogP contribution in [0.5, 0.6) is 0 Å². The lowest BCUT2D eigenvalue weighted by atomic mass is 10.1. The normalized spacial score (nSPS) is 24.0. The standard InChI is InChI=1S/C13H17FN2O4S/c1-9-8-16(10(2)7-15(9)13(17)18)21(19,20)12-5-3-4-11(14)6-12/h3-6,9-10H,7-8H2,1-2H3,(H,17,18)/t9-,10+/m0/s1. The van der Waals surface area contributed by atoms with Gasteiger partial charge >= 0.3 is 6.09 Å². The molecule has 1 aromatic carbocycles. The SMILES string of the molecule is C[C@@H]1CN(C(=O)O)[C@@H](C)CN1S(=O)(=O)c1cccc(F)c1. The maximum Gasteiger partial charge on any atom is 0.407 e. The summed E-state index contributed by atoms with van der Waals surface area (Å²) in [4.78, 5) is 12.2. The van der Waals surface area contributed by atoms with Crippen molar-refractivity contribution in [3.8, 4) is 0 Å². The van der Waals surface area contributed by atoms with Gasteiger partial charge in [-0.05, 0) is 32.0 Å². The number of nitrogens with zero attached hydrogens (tertiary/aromatic N) is 2. The Labute approximate surface area is 122 Å². The Morgan fingerprint density at radius 3 is 2.52 bits per heavy atom. The molecule has 1 aromatic rings. The molecule has 0 aromatic heterocycles. The minimum absolute atomic E-state index is 0.0479. The molecule has 0 saturated carbocycles. The molecule has 8 heteroatoms. The molecule has 0 radical (unpaired) electrons. The predicted molar refractivity (Wildman–Crippen MR) is 73.9 cm³/mol. The van der Waals surface area contributed by atoms with Crippen LogP contribution in [0.15, 0.2) is 29.2 Å². The smallest absolute Gasteiger partial charge is 0.407 e. The minimum atomic E-state index is -3.84. The van der Waals surface area contributed by atoms with Gasteiger partial charge in [-0.25, -0.2) is 17.6 Å². The van der Waals surface area contributed by atoms with Crippen LogP contribution in [0.1, 0.15) is 13.8 Å². The average Bonchev–Trinajstić information content (AvgIpc) is 2.40. The van der Waals surface area contributed by atoms with Gasteiger partial charge in [0.1, 0.15) is 5.82 Å². The molecule has 1 aliphatic heterocycles. The van der Waals surface area contributed by atoms with E-state index in [1.165, 1.54) is 27.4 Å². The summed E-state index contributed by atoms with van der Waals surface area (Å²) in [5.74, 6) is -0.624. The largest absolute Gasteiger partial charge is 0.465 e. The lowest BCUT2D eigenvalue weighted by Crippen LogP contribution is -2.59. The number of benzene rings is 1. The van der Waals surface area contributed by atoms with Crippen LogP contribution in [0.25, 0.3) is 0 Å². The van der Waals surface area contributed by atoms with Gasteiger partial charge in [0.05, 0.1) is 4.90 Å². The zero-order valence-electron chi connectivity index (χ0n) is 11.7. The molecule has 2 rings (SSSR count). The fourth-order valence-electron chi connectivity index (χ4n) is 2.46. The van der Waals surface area contributed by atoms with Crippen LogP contribution in [-0.2, 0) is 10.0 Å². The van der Waals surface area contributed by atoms with E-state index >= 15 is 0 Å². The second kappa shape index (κ2) is 5.61. The van der Waals surface area contributed by atoms with E-state index in [2.05, 4.69) is 0 Å². The van der Waals surface area contributed by atoms with Crippen molar-refractivity contribution >= 4 is 16.1 Å². The number of hydrogen-bond donors (Lipinski definition) is 1. The third-order valence-corrected chi connectivity index (χ3v) is 5.55. The Morgan fingerprint density at radius 1 is 1.29 bits per heavy atom. The van der Waals surface area contributed by atoms with Crippen LogP contribution < -0.4 is 0 Å².